The summed E-state index contributed by atoms with van der Waals surface area (Å²) < 4.78 is 12.8. The van der Waals surface area contributed by atoms with Gasteiger partial charge in [0, 0.05) is 11.4 Å². The lowest BCUT2D eigenvalue weighted by Crippen LogP contribution is -2.25. The molecule has 0 radical (unpaired) electrons. The Morgan fingerprint density at radius 1 is 1.08 bits per heavy atom. The van der Waals surface area contributed by atoms with Crippen LogP contribution in [-0.2, 0) is 9.59 Å². The molecule has 0 heterocycles. The number of halogens is 1. The van der Waals surface area contributed by atoms with Gasteiger partial charge in [0.1, 0.15) is 5.82 Å². The second-order valence-corrected chi connectivity index (χ2v) is 6.70. The van der Waals surface area contributed by atoms with Gasteiger partial charge >= 0.3 is 0 Å². The van der Waals surface area contributed by atoms with Crippen LogP contribution in [0.1, 0.15) is 12.5 Å². The molecule has 0 saturated heterocycles. The quantitative estimate of drug-likeness (QED) is 0.836. The molecule has 24 heavy (non-hydrogen) atoms. The Labute approximate surface area is 144 Å². The van der Waals surface area contributed by atoms with E-state index in [-0.39, 0.29) is 23.4 Å². The fourth-order valence-electron chi connectivity index (χ4n) is 1.97. The van der Waals surface area contributed by atoms with Crippen LogP contribution in [0.25, 0.3) is 0 Å². The van der Waals surface area contributed by atoms with Crippen LogP contribution < -0.4 is 10.6 Å². The van der Waals surface area contributed by atoms with E-state index in [9.17, 15) is 14.0 Å². The molecular weight excluding hydrogens is 327 g/mol. The molecule has 0 aliphatic rings. The van der Waals surface area contributed by atoms with Gasteiger partial charge in [0.2, 0.25) is 11.8 Å². The number of hydrogen-bond donors (Lipinski definition) is 2. The predicted molar refractivity (Wildman–Crippen MR) is 96.8 cm³/mol. The Balaban J connectivity index is 1.79. The lowest BCUT2D eigenvalue weighted by atomic mass is 10.2. The number of carbonyl (C=O) groups is 2. The molecule has 0 bridgehead atoms. The van der Waals surface area contributed by atoms with Gasteiger partial charge < -0.3 is 10.6 Å². The molecule has 2 aromatic carbocycles. The SMILES string of the molecule is Cc1cccc(NC(=O)CSC(C)C(=O)Nc2ccc(F)cc2)c1. The number of hydrogen-bond acceptors (Lipinski definition) is 3. The average molecular weight is 346 g/mol. The van der Waals surface area contributed by atoms with E-state index >= 15 is 0 Å². The maximum atomic E-state index is 12.8. The molecule has 0 spiro atoms. The highest BCUT2D eigenvalue weighted by atomic mass is 32.2. The summed E-state index contributed by atoms with van der Waals surface area (Å²) in [5, 5.41) is 5.09. The fourth-order valence-corrected chi connectivity index (χ4v) is 2.66. The molecule has 6 heteroatoms. The topological polar surface area (TPSA) is 58.2 Å². The normalized spacial score (nSPS) is 11.6. The van der Waals surface area contributed by atoms with Crippen LogP contribution in [0.4, 0.5) is 15.8 Å². The minimum atomic E-state index is -0.404. The summed E-state index contributed by atoms with van der Waals surface area (Å²) in [5.74, 6) is -0.573. The van der Waals surface area contributed by atoms with Crippen LogP contribution in [0.3, 0.4) is 0 Å². The summed E-state index contributed by atoms with van der Waals surface area (Å²) >= 11 is 1.24. The maximum Gasteiger partial charge on any atom is 0.237 e. The van der Waals surface area contributed by atoms with E-state index in [1.165, 1.54) is 36.0 Å². The molecule has 2 aromatic rings. The first-order chi connectivity index (χ1) is 11.4. The van der Waals surface area contributed by atoms with Crippen molar-refractivity contribution in [3.8, 4) is 0 Å². The Hall–Kier alpha value is -2.34. The van der Waals surface area contributed by atoms with Gasteiger partial charge in [0.15, 0.2) is 0 Å². The number of aryl methyl sites for hydroxylation is 1. The van der Waals surface area contributed by atoms with E-state index in [1.807, 2.05) is 31.2 Å². The third-order valence-corrected chi connectivity index (χ3v) is 4.39. The van der Waals surface area contributed by atoms with Gasteiger partial charge in [-0.15, -0.1) is 11.8 Å². The van der Waals surface area contributed by atoms with E-state index in [1.54, 1.807) is 6.92 Å². The number of anilines is 2. The van der Waals surface area contributed by atoms with Gasteiger partial charge in [-0.2, -0.15) is 0 Å². The molecule has 1 unspecified atom stereocenters. The largest absolute Gasteiger partial charge is 0.325 e. The third-order valence-electron chi connectivity index (χ3n) is 3.25. The van der Waals surface area contributed by atoms with Crippen molar-refractivity contribution in [1.29, 1.82) is 0 Å². The van der Waals surface area contributed by atoms with Crippen LogP contribution >= 0.6 is 11.8 Å². The van der Waals surface area contributed by atoms with Crippen molar-refractivity contribution in [2.24, 2.45) is 0 Å². The number of thioether (sulfide) groups is 1. The predicted octanol–water partition coefficient (Wildman–Crippen LogP) is 3.83. The van der Waals surface area contributed by atoms with Gasteiger partial charge in [-0.1, -0.05) is 12.1 Å². The molecule has 1 atom stereocenters. The van der Waals surface area contributed by atoms with Crippen molar-refractivity contribution in [3.05, 3.63) is 59.9 Å². The summed E-state index contributed by atoms with van der Waals surface area (Å²) in [7, 11) is 0. The first-order valence-corrected chi connectivity index (χ1v) is 8.53. The molecule has 0 aliphatic carbocycles. The van der Waals surface area contributed by atoms with Crippen LogP contribution in [0.15, 0.2) is 48.5 Å². The lowest BCUT2D eigenvalue weighted by Gasteiger charge is -2.12. The van der Waals surface area contributed by atoms with Crippen LogP contribution in [0.2, 0.25) is 0 Å². The van der Waals surface area contributed by atoms with Crippen molar-refractivity contribution in [2.75, 3.05) is 16.4 Å². The lowest BCUT2D eigenvalue weighted by molar-refractivity contribution is -0.115. The molecule has 0 fully saturated rings. The first kappa shape index (κ1) is 18.0. The molecule has 0 saturated carbocycles. The standard InChI is InChI=1S/C18H19FN2O2S/c1-12-4-3-5-16(10-12)20-17(22)11-24-13(2)18(23)21-15-8-6-14(19)7-9-15/h3-10,13H,11H2,1-2H3,(H,20,22)(H,21,23). The van der Waals surface area contributed by atoms with E-state index in [4.69, 9.17) is 0 Å². The monoisotopic (exact) mass is 346 g/mol. The summed E-state index contributed by atoms with van der Waals surface area (Å²) in [4.78, 5) is 24.0. The first-order valence-electron chi connectivity index (χ1n) is 7.48. The molecule has 2 N–H and O–H groups in total. The summed E-state index contributed by atoms with van der Waals surface area (Å²) in [6, 6.07) is 13.1. The summed E-state index contributed by atoms with van der Waals surface area (Å²) in [6.45, 7) is 3.68. The van der Waals surface area contributed by atoms with E-state index in [2.05, 4.69) is 10.6 Å². The molecule has 0 aromatic heterocycles. The van der Waals surface area contributed by atoms with Gasteiger partial charge in [-0.05, 0) is 55.8 Å². The van der Waals surface area contributed by atoms with Crippen LogP contribution in [-0.4, -0.2) is 22.8 Å². The summed E-state index contributed by atoms with van der Waals surface area (Å²) in [6.07, 6.45) is 0. The second-order valence-electron chi connectivity index (χ2n) is 5.37. The highest BCUT2D eigenvalue weighted by Crippen LogP contribution is 2.16. The Morgan fingerprint density at radius 3 is 2.46 bits per heavy atom. The highest BCUT2D eigenvalue weighted by Gasteiger charge is 2.15. The van der Waals surface area contributed by atoms with Crippen LogP contribution in [0, 0.1) is 12.7 Å². The minimum absolute atomic E-state index is 0.160. The molecule has 126 valence electrons. The molecule has 2 amide bonds. The molecule has 2 rings (SSSR count). The number of carbonyl (C=O) groups excluding carboxylic acids is 2. The molecule has 0 aliphatic heterocycles. The van der Waals surface area contributed by atoms with Gasteiger partial charge in [-0.3, -0.25) is 9.59 Å². The Kier molecular flexibility index (Phi) is 6.37. The molecule has 4 nitrogen and oxygen atoms in total. The zero-order chi connectivity index (χ0) is 17.5. The smallest absolute Gasteiger partial charge is 0.237 e. The van der Waals surface area contributed by atoms with Crippen molar-refractivity contribution >= 4 is 35.0 Å². The van der Waals surface area contributed by atoms with E-state index in [0.717, 1.165) is 11.3 Å². The van der Waals surface area contributed by atoms with E-state index < -0.39 is 5.25 Å². The number of benzene rings is 2. The number of nitrogens with one attached hydrogen (secondary N) is 2. The fraction of sp³-hybridized carbons (Fsp3) is 0.222. The number of amides is 2. The summed E-state index contributed by atoms with van der Waals surface area (Å²) in [5.41, 5.74) is 2.33. The van der Waals surface area contributed by atoms with Crippen LogP contribution in [0.5, 0.6) is 0 Å². The zero-order valence-corrected chi connectivity index (χ0v) is 14.3. The third kappa shape index (κ3) is 5.70. The Bertz CT molecular complexity index is 719. The Morgan fingerprint density at radius 2 is 1.79 bits per heavy atom. The van der Waals surface area contributed by atoms with Crippen molar-refractivity contribution in [3.63, 3.8) is 0 Å². The maximum absolute atomic E-state index is 12.8. The minimum Gasteiger partial charge on any atom is -0.325 e. The number of rotatable bonds is 6. The average Bonchev–Trinajstić information content (AvgIpc) is 2.54. The van der Waals surface area contributed by atoms with Gasteiger partial charge in [0.25, 0.3) is 0 Å². The van der Waals surface area contributed by atoms with Crippen molar-refractivity contribution < 1.29 is 14.0 Å². The van der Waals surface area contributed by atoms with Gasteiger partial charge in [0.05, 0.1) is 11.0 Å². The zero-order valence-electron chi connectivity index (χ0n) is 13.5. The van der Waals surface area contributed by atoms with E-state index in [0.29, 0.717) is 5.69 Å². The second kappa shape index (κ2) is 8.49. The van der Waals surface area contributed by atoms with Crippen molar-refractivity contribution in [2.45, 2.75) is 19.1 Å². The van der Waals surface area contributed by atoms with Gasteiger partial charge in [-0.25, -0.2) is 4.39 Å². The molecular formula is C18H19FN2O2S. The highest BCUT2D eigenvalue weighted by molar-refractivity contribution is 8.01. The van der Waals surface area contributed by atoms with Crippen molar-refractivity contribution in [1.82, 2.24) is 0 Å².